The highest BCUT2D eigenvalue weighted by Crippen LogP contribution is 2.43. The number of halogens is 1. The summed E-state index contributed by atoms with van der Waals surface area (Å²) in [5.41, 5.74) is -0.572. The van der Waals surface area contributed by atoms with Crippen LogP contribution >= 0.6 is 0 Å². The summed E-state index contributed by atoms with van der Waals surface area (Å²) in [5.74, 6) is -1.15. The lowest BCUT2D eigenvalue weighted by Crippen LogP contribution is -2.42. The molecule has 0 heterocycles. The van der Waals surface area contributed by atoms with Crippen molar-refractivity contribution in [2.45, 2.75) is 63.0 Å². The molecule has 2 saturated carbocycles. The van der Waals surface area contributed by atoms with Gasteiger partial charge in [0.15, 0.2) is 6.10 Å². The topological polar surface area (TPSA) is 55.4 Å². The zero-order valence-corrected chi connectivity index (χ0v) is 13.3. The van der Waals surface area contributed by atoms with Crippen molar-refractivity contribution in [3.05, 3.63) is 35.6 Å². The lowest BCUT2D eigenvalue weighted by molar-refractivity contribution is -0.160. The second kappa shape index (κ2) is 6.30. The van der Waals surface area contributed by atoms with Crippen LogP contribution in [0.25, 0.3) is 0 Å². The summed E-state index contributed by atoms with van der Waals surface area (Å²) < 4.78 is 19.7. The van der Waals surface area contributed by atoms with E-state index < -0.39 is 17.5 Å². The first kappa shape index (κ1) is 16.0. The molecule has 1 atom stereocenters. The van der Waals surface area contributed by atoms with Crippen LogP contribution in [-0.4, -0.2) is 24.0 Å². The Bertz CT molecular complexity index is 606. The molecule has 0 radical (unpaired) electrons. The number of amides is 1. The Morgan fingerprint density at radius 2 is 1.91 bits per heavy atom. The minimum atomic E-state index is -0.959. The third-order valence-electron chi connectivity index (χ3n) is 4.81. The van der Waals surface area contributed by atoms with Gasteiger partial charge >= 0.3 is 5.97 Å². The molecule has 2 aliphatic carbocycles. The van der Waals surface area contributed by atoms with Crippen molar-refractivity contribution < 1.29 is 18.7 Å². The van der Waals surface area contributed by atoms with E-state index in [4.69, 9.17) is 4.74 Å². The highest BCUT2D eigenvalue weighted by atomic mass is 19.1. The molecule has 1 N–H and O–H groups in total. The minimum absolute atomic E-state index is 0.218. The number of carbonyl (C=O) groups is 2. The van der Waals surface area contributed by atoms with Crippen LogP contribution in [0.4, 0.5) is 4.39 Å². The number of carbonyl (C=O) groups excluding carboxylic acids is 2. The van der Waals surface area contributed by atoms with Gasteiger partial charge in [-0.3, -0.25) is 9.59 Å². The highest BCUT2D eigenvalue weighted by Gasteiger charge is 2.46. The number of ether oxygens (including phenoxy) is 1. The molecule has 2 fully saturated rings. The van der Waals surface area contributed by atoms with Gasteiger partial charge in [0.05, 0.1) is 5.41 Å². The molecule has 23 heavy (non-hydrogen) atoms. The van der Waals surface area contributed by atoms with E-state index in [1.807, 2.05) is 0 Å². The van der Waals surface area contributed by atoms with Crippen molar-refractivity contribution in [3.8, 4) is 0 Å². The van der Waals surface area contributed by atoms with E-state index in [-0.39, 0.29) is 17.8 Å². The average molecular weight is 319 g/mol. The van der Waals surface area contributed by atoms with Gasteiger partial charge in [0, 0.05) is 11.6 Å². The van der Waals surface area contributed by atoms with Crippen molar-refractivity contribution >= 4 is 11.9 Å². The van der Waals surface area contributed by atoms with Gasteiger partial charge < -0.3 is 10.1 Å². The maximum absolute atomic E-state index is 14.2. The zero-order valence-electron chi connectivity index (χ0n) is 13.3. The second-order valence-electron chi connectivity index (χ2n) is 6.60. The molecule has 0 bridgehead atoms. The standard InChI is InChI=1S/C18H22FNO3/c1-12(16(21)20-13-8-9-13)23-17(22)18(10-4-5-11-18)14-6-2-3-7-15(14)19/h2-3,6-7,12-13H,4-5,8-11H2,1H3,(H,20,21)/t12-/m0/s1. The van der Waals surface area contributed by atoms with Gasteiger partial charge in [-0.1, -0.05) is 31.0 Å². The van der Waals surface area contributed by atoms with Crippen LogP contribution in [0.5, 0.6) is 0 Å². The fourth-order valence-corrected chi connectivity index (χ4v) is 3.28. The summed E-state index contributed by atoms with van der Waals surface area (Å²) in [7, 11) is 0. The molecule has 5 heteroatoms. The van der Waals surface area contributed by atoms with E-state index in [2.05, 4.69) is 5.32 Å². The van der Waals surface area contributed by atoms with Gasteiger partial charge in [0.25, 0.3) is 5.91 Å². The Morgan fingerprint density at radius 1 is 1.26 bits per heavy atom. The maximum Gasteiger partial charge on any atom is 0.317 e. The van der Waals surface area contributed by atoms with Crippen LogP contribution in [0.15, 0.2) is 24.3 Å². The summed E-state index contributed by atoms with van der Waals surface area (Å²) in [6.07, 6.45) is 3.93. The highest BCUT2D eigenvalue weighted by molar-refractivity contribution is 5.88. The minimum Gasteiger partial charge on any atom is -0.452 e. The Labute approximate surface area is 135 Å². The van der Waals surface area contributed by atoms with Crippen LogP contribution in [0.1, 0.15) is 51.0 Å². The Morgan fingerprint density at radius 3 is 2.52 bits per heavy atom. The zero-order chi connectivity index (χ0) is 16.4. The molecule has 0 aromatic heterocycles. The van der Waals surface area contributed by atoms with Crippen molar-refractivity contribution in [2.24, 2.45) is 0 Å². The van der Waals surface area contributed by atoms with Crippen LogP contribution in [0.2, 0.25) is 0 Å². The van der Waals surface area contributed by atoms with Crippen LogP contribution in [-0.2, 0) is 19.7 Å². The van der Waals surface area contributed by atoms with Crippen LogP contribution in [0, 0.1) is 5.82 Å². The number of rotatable bonds is 5. The summed E-state index contributed by atoms with van der Waals surface area (Å²) in [5, 5.41) is 2.82. The van der Waals surface area contributed by atoms with E-state index in [0.29, 0.717) is 18.4 Å². The number of hydrogen-bond acceptors (Lipinski definition) is 3. The van der Waals surface area contributed by atoms with E-state index in [1.165, 1.54) is 6.07 Å². The fourth-order valence-electron chi connectivity index (χ4n) is 3.28. The Hall–Kier alpha value is -1.91. The molecule has 2 aliphatic rings. The first-order valence-electron chi connectivity index (χ1n) is 8.29. The third kappa shape index (κ3) is 3.23. The maximum atomic E-state index is 14.2. The van der Waals surface area contributed by atoms with Crippen molar-refractivity contribution in [3.63, 3.8) is 0 Å². The summed E-state index contributed by atoms with van der Waals surface area (Å²) in [6, 6.07) is 6.58. The SMILES string of the molecule is C[C@H](OC(=O)C1(c2ccccc2F)CCCC1)C(=O)NC1CC1. The van der Waals surface area contributed by atoms with Gasteiger partial charge in [-0.05, 0) is 38.7 Å². The first-order valence-corrected chi connectivity index (χ1v) is 8.29. The molecule has 0 aliphatic heterocycles. The molecule has 1 aromatic carbocycles. The molecule has 0 spiro atoms. The van der Waals surface area contributed by atoms with Gasteiger partial charge in [-0.2, -0.15) is 0 Å². The van der Waals surface area contributed by atoms with E-state index >= 15 is 0 Å². The normalized spacial score (nSPS) is 20.8. The molecule has 0 unspecified atom stereocenters. The average Bonchev–Trinajstić information content (AvgIpc) is 3.20. The molecule has 124 valence electrons. The number of nitrogens with one attached hydrogen (secondary N) is 1. The van der Waals surface area contributed by atoms with E-state index in [9.17, 15) is 14.0 Å². The molecule has 1 aromatic rings. The fraction of sp³-hybridized carbons (Fsp3) is 0.556. The second-order valence-corrected chi connectivity index (χ2v) is 6.60. The Balaban J connectivity index is 1.76. The molecule has 0 saturated heterocycles. The quantitative estimate of drug-likeness (QED) is 0.849. The predicted octanol–water partition coefficient (Wildman–Crippen LogP) is 2.85. The monoisotopic (exact) mass is 319 g/mol. The smallest absolute Gasteiger partial charge is 0.317 e. The van der Waals surface area contributed by atoms with Gasteiger partial charge in [-0.25, -0.2) is 4.39 Å². The van der Waals surface area contributed by atoms with Crippen molar-refractivity contribution in [1.82, 2.24) is 5.32 Å². The van der Waals surface area contributed by atoms with E-state index in [1.54, 1.807) is 25.1 Å². The third-order valence-corrected chi connectivity index (χ3v) is 4.81. The number of benzene rings is 1. The van der Waals surface area contributed by atoms with E-state index in [0.717, 1.165) is 25.7 Å². The molecule has 1 amide bonds. The van der Waals surface area contributed by atoms with Crippen LogP contribution < -0.4 is 5.32 Å². The van der Waals surface area contributed by atoms with Gasteiger partial charge in [0.2, 0.25) is 0 Å². The first-order chi connectivity index (χ1) is 11.0. The predicted molar refractivity (Wildman–Crippen MR) is 83.3 cm³/mol. The van der Waals surface area contributed by atoms with Crippen molar-refractivity contribution in [1.29, 1.82) is 0 Å². The summed E-state index contributed by atoms with van der Waals surface area (Å²) in [6.45, 7) is 1.57. The molecule has 3 rings (SSSR count). The lowest BCUT2D eigenvalue weighted by Gasteiger charge is -2.29. The van der Waals surface area contributed by atoms with Gasteiger partial charge in [-0.15, -0.1) is 0 Å². The molecular weight excluding hydrogens is 297 g/mol. The van der Waals surface area contributed by atoms with Crippen molar-refractivity contribution in [2.75, 3.05) is 0 Å². The number of esters is 1. The van der Waals surface area contributed by atoms with Crippen LogP contribution in [0.3, 0.4) is 0 Å². The lowest BCUT2D eigenvalue weighted by atomic mass is 9.78. The largest absolute Gasteiger partial charge is 0.452 e. The number of hydrogen-bond donors (Lipinski definition) is 1. The molecular formula is C18H22FNO3. The summed E-state index contributed by atoms with van der Waals surface area (Å²) >= 11 is 0. The Kier molecular flexibility index (Phi) is 4.37. The van der Waals surface area contributed by atoms with Gasteiger partial charge in [0.1, 0.15) is 5.82 Å². The summed E-state index contributed by atoms with van der Waals surface area (Å²) in [4.78, 5) is 24.8. The molecule has 4 nitrogen and oxygen atoms in total.